The summed E-state index contributed by atoms with van der Waals surface area (Å²) < 4.78 is 0. The third-order valence-corrected chi connectivity index (χ3v) is 2.88. The fourth-order valence-corrected chi connectivity index (χ4v) is 1.78. The van der Waals surface area contributed by atoms with Crippen molar-refractivity contribution in [3.05, 3.63) is 77.4 Å². The molecule has 0 saturated carbocycles. The SMILES string of the molecule is O=C(O)c1ccc(C(=O)NCC=Cc2ccccc2)cc1. The number of carboxylic acids is 1. The largest absolute Gasteiger partial charge is 0.478 e. The Morgan fingerprint density at radius 1 is 0.952 bits per heavy atom. The van der Waals surface area contributed by atoms with Gasteiger partial charge < -0.3 is 10.4 Å². The van der Waals surface area contributed by atoms with Crippen LogP contribution in [0.5, 0.6) is 0 Å². The summed E-state index contributed by atoms with van der Waals surface area (Å²) in [6, 6.07) is 15.6. The summed E-state index contributed by atoms with van der Waals surface area (Å²) in [5, 5.41) is 11.5. The quantitative estimate of drug-likeness (QED) is 0.885. The molecule has 0 radical (unpaired) electrons. The van der Waals surface area contributed by atoms with E-state index in [-0.39, 0.29) is 11.5 Å². The minimum atomic E-state index is -1.01. The molecular formula is C17H15NO3. The van der Waals surface area contributed by atoms with Crippen LogP contribution >= 0.6 is 0 Å². The van der Waals surface area contributed by atoms with E-state index in [4.69, 9.17) is 5.11 Å². The number of amides is 1. The van der Waals surface area contributed by atoms with E-state index in [1.165, 1.54) is 24.3 Å². The first-order valence-electron chi connectivity index (χ1n) is 6.50. The van der Waals surface area contributed by atoms with Crippen molar-refractivity contribution in [1.82, 2.24) is 5.32 Å². The highest BCUT2D eigenvalue weighted by Crippen LogP contribution is 2.04. The minimum absolute atomic E-state index is 0.163. The number of carboxylic acid groups (broad SMARTS) is 1. The summed E-state index contributed by atoms with van der Waals surface area (Å²) in [6.07, 6.45) is 3.78. The number of nitrogens with one attached hydrogen (secondary N) is 1. The van der Waals surface area contributed by atoms with Crippen LogP contribution in [0.25, 0.3) is 6.08 Å². The van der Waals surface area contributed by atoms with Crippen molar-refractivity contribution in [2.24, 2.45) is 0 Å². The summed E-state index contributed by atoms with van der Waals surface area (Å²) in [4.78, 5) is 22.6. The van der Waals surface area contributed by atoms with Crippen LogP contribution in [-0.2, 0) is 0 Å². The van der Waals surface area contributed by atoms with Crippen LogP contribution < -0.4 is 5.32 Å². The molecule has 0 aliphatic rings. The fourth-order valence-electron chi connectivity index (χ4n) is 1.78. The number of rotatable bonds is 5. The Morgan fingerprint density at radius 3 is 2.19 bits per heavy atom. The second-order valence-corrected chi connectivity index (χ2v) is 4.41. The molecule has 0 fully saturated rings. The molecular weight excluding hydrogens is 266 g/mol. The molecule has 0 atom stereocenters. The standard InChI is InChI=1S/C17H15NO3/c19-16(14-8-10-15(11-9-14)17(20)21)18-12-4-7-13-5-2-1-3-6-13/h1-11H,12H2,(H,18,19)(H,20,21). The fraction of sp³-hybridized carbons (Fsp3) is 0.0588. The molecule has 0 aliphatic heterocycles. The molecule has 0 saturated heterocycles. The van der Waals surface area contributed by atoms with Gasteiger partial charge in [-0.15, -0.1) is 0 Å². The molecule has 21 heavy (non-hydrogen) atoms. The van der Waals surface area contributed by atoms with Gasteiger partial charge in [-0.3, -0.25) is 4.79 Å². The van der Waals surface area contributed by atoms with Crippen LogP contribution in [0.2, 0.25) is 0 Å². The second kappa shape index (κ2) is 7.05. The highest BCUT2D eigenvalue weighted by Gasteiger charge is 2.06. The van der Waals surface area contributed by atoms with E-state index in [1.807, 2.05) is 42.5 Å². The normalized spacial score (nSPS) is 10.5. The smallest absolute Gasteiger partial charge is 0.335 e. The van der Waals surface area contributed by atoms with Crippen LogP contribution in [0.1, 0.15) is 26.3 Å². The maximum atomic E-state index is 11.8. The van der Waals surface area contributed by atoms with Crippen LogP contribution in [0, 0.1) is 0 Å². The Hall–Kier alpha value is -2.88. The molecule has 106 valence electrons. The van der Waals surface area contributed by atoms with Crippen molar-refractivity contribution in [2.45, 2.75) is 0 Å². The number of aromatic carboxylic acids is 1. The molecule has 2 rings (SSSR count). The van der Waals surface area contributed by atoms with Gasteiger partial charge in [0.05, 0.1) is 5.56 Å². The molecule has 0 aliphatic carbocycles. The van der Waals surface area contributed by atoms with Crippen LogP contribution in [0.4, 0.5) is 0 Å². The van der Waals surface area contributed by atoms with Crippen molar-refractivity contribution < 1.29 is 14.7 Å². The summed E-state index contributed by atoms with van der Waals surface area (Å²) in [5.74, 6) is -1.24. The van der Waals surface area contributed by atoms with Crippen molar-refractivity contribution in [3.8, 4) is 0 Å². The molecule has 2 N–H and O–H groups in total. The van der Waals surface area contributed by atoms with Gasteiger partial charge in [-0.25, -0.2) is 4.79 Å². The van der Waals surface area contributed by atoms with Crippen molar-refractivity contribution in [3.63, 3.8) is 0 Å². The lowest BCUT2D eigenvalue weighted by Gasteiger charge is -2.02. The van der Waals surface area contributed by atoms with E-state index < -0.39 is 5.97 Å². The van der Waals surface area contributed by atoms with Gasteiger partial charge in [0.2, 0.25) is 0 Å². The van der Waals surface area contributed by atoms with E-state index in [0.717, 1.165) is 5.56 Å². The minimum Gasteiger partial charge on any atom is -0.478 e. The van der Waals surface area contributed by atoms with Gasteiger partial charge in [0.25, 0.3) is 5.91 Å². The Bertz CT molecular complexity index is 645. The zero-order chi connectivity index (χ0) is 15.1. The molecule has 1 amide bonds. The predicted octanol–water partition coefficient (Wildman–Crippen LogP) is 2.83. The number of carbonyl (C=O) groups is 2. The third kappa shape index (κ3) is 4.31. The lowest BCUT2D eigenvalue weighted by atomic mass is 10.1. The molecule has 0 aromatic heterocycles. The van der Waals surface area contributed by atoms with Gasteiger partial charge in [-0.1, -0.05) is 42.5 Å². The molecule has 2 aromatic rings. The van der Waals surface area contributed by atoms with Crippen molar-refractivity contribution in [2.75, 3.05) is 6.54 Å². The van der Waals surface area contributed by atoms with Gasteiger partial charge in [-0.2, -0.15) is 0 Å². The third-order valence-electron chi connectivity index (χ3n) is 2.88. The molecule has 4 heteroatoms. The topological polar surface area (TPSA) is 66.4 Å². The number of benzene rings is 2. The molecule has 0 spiro atoms. The lowest BCUT2D eigenvalue weighted by molar-refractivity contribution is 0.0696. The first-order valence-corrected chi connectivity index (χ1v) is 6.50. The summed E-state index contributed by atoms with van der Waals surface area (Å²) in [5.41, 5.74) is 1.67. The molecule has 0 unspecified atom stereocenters. The average molecular weight is 281 g/mol. The first kappa shape index (κ1) is 14.5. The highest BCUT2D eigenvalue weighted by atomic mass is 16.4. The second-order valence-electron chi connectivity index (χ2n) is 4.41. The molecule has 0 heterocycles. The predicted molar refractivity (Wildman–Crippen MR) is 81.2 cm³/mol. The first-order chi connectivity index (χ1) is 10.2. The maximum absolute atomic E-state index is 11.8. The Kier molecular flexibility index (Phi) is 4.88. The van der Waals surface area contributed by atoms with E-state index >= 15 is 0 Å². The van der Waals surface area contributed by atoms with Crippen LogP contribution in [0.15, 0.2) is 60.7 Å². The number of hydrogen-bond donors (Lipinski definition) is 2. The van der Waals surface area contributed by atoms with E-state index in [2.05, 4.69) is 5.32 Å². The van der Waals surface area contributed by atoms with E-state index in [9.17, 15) is 9.59 Å². The van der Waals surface area contributed by atoms with Crippen LogP contribution in [0.3, 0.4) is 0 Å². The Labute approximate surface area is 122 Å². The lowest BCUT2D eigenvalue weighted by Crippen LogP contribution is -2.23. The average Bonchev–Trinajstić information content (AvgIpc) is 2.52. The van der Waals surface area contributed by atoms with Gasteiger partial charge in [0, 0.05) is 12.1 Å². The van der Waals surface area contributed by atoms with Crippen molar-refractivity contribution >= 4 is 18.0 Å². The maximum Gasteiger partial charge on any atom is 0.335 e. The zero-order valence-electron chi connectivity index (χ0n) is 11.3. The summed E-state index contributed by atoms with van der Waals surface area (Å²) >= 11 is 0. The van der Waals surface area contributed by atoms with Gasteiger partial charge in [0.1, 0.15) is 0 Å². The van der Waals surface area contributed by atoms with Gasteiger partial charge >= 0.3 is 5.97 Å². The number of carbonyl (C=O) groups excluding carboxylic acids is 1. The molecule has 4 nitrogen and oxygen atoms in total. The zero-order valence-corrected chi connectivity index (χ0v) is 11.3. The summed E-state index contributed by atoms with van der Waals surface area (Å²) in [7, 11) is 0. The highest BCUT2D eigenvalue weighted by molar-refractivity contribution is 5.95. The van der Waals surface area contributed by atoms with E-state index in [1.54, 1.807) is 0 Å². The molecule has 0 bridgehead atoms. The van der Waals surface area contributed by atoms with Gasteiger partial charge in [0.15, 0.2) is 0 Å². The monoisotopic (exact) mass is 281 g/mol. The Balaban J connectivity index is 1.87. The summed E-state index contributed by atoms with van der Waals surface area (Å²) in [6.45, 7) is 0.411. The van der Waals surface area contributed by atoms with Crippen molar-refractivity contribution in [1.29, 1.82) is 0 Å². The van der Waals surface area contributed by atoms with Crippen LogP contribution in [-0.4, -0.2) is 23.5 Å². The van der Waals surface area contributed by atoms with E-state index in [0.29, 0.717) is 12.1 Å². The Morgan fingerprint density at radius 2 is 1.57 bits per heavy atom. The van der Waals surface area contributed by atoms with Gasteiger partial charge in [-0.05, 0) is 29.8 Å². The number of hydrogen-bond acceptors (Lipinski definition) is 2. The molecule has 2 aromatic carbocycles.